The Morgan fingerprint density at radius 3 is 2.65 bits per heavy atom. The first-order valence-corrected chi connectivity index (χ1v) is 7.87. The largest absolute Gasteiger partial charge is 0.335 e. The second-order valence-electron chi connectivity index (χ2n) is 5.83. The fraction of sp³-hybridized carbons (Fsp3) is 0.588. The third-order valence-corrected chi connectivity index (χ3v) is 4.29. The van der Waals surface area contributed by atoms with Gasteiger partial charge in [0.1, 0.15) is 0 Å². The van der Waals surface area contributed by atoms with Crippen molar-refractivity contribution in [3.63, 3.8) is 0 Å². The van der Waals surface area contributed by atoms with Crippen LogP contribution in [0.4, 0.5) is 10.5 Å². The normalized spacial score (nSPS) is 17.5. The number of rotatable bonds is 4. The molecule has 0 radical (unpaired) electrons. The molecule has 1 aliphatic carbocycles. The van der Waals surface area contributed by atoms with Crippen molar-refractivity contribution in [2.24, 2.45) is 0 Å². The van der Waals surface area contributed by atoms with E-state index in [-0.39, 0.29) is 6.03 Å². The van der Waals surface area contributed by atoms with Crippen LogP contribution in [0, 0.1) is 0 Å². The van der Waals surface area contributed by atoms with Crippen LogP contribution in [0.1, 0.15) is 63.9 Å². The van der Waals surface area contributed by atoms with E-state index in [0.717, 1.165) is 24.9 Å². The molecule has 0 aliphatic heterocycles. The number of para-hydroxylation sites is 1. The molecule has 0 saturated heterocycles. The van der Waals surface area contributed by atoms with E-state index in [0.29, 0.717) is 12.0 Å². The molecule has 1 saturated carbocycles. The highest BCUT2D eigenvalue weighted by molar-refractivity contribution is 5.90. The second kappa shape index (κ2) is 7.32. The van der Waals surface area contributed by atoms with Gasteiger partial charge in [0, 0.05) is 11.7 Å². The summed E-state index contributed by atoms with van der Waals surface area (Å²) in [7, 11) is 0. The van der Waals surface area contributed by atoms with Crippen molar-refractivity contribution in [3.8, 4) is 0 Å². The fourth-order valence-electron chi connectivity index (χ4n) is 2.85. The van der Waals surface area contributed by atoms with Crippen molar-refractivity contribution in [2.45, 2.75) is 64.3 Å². The maximum Gasteiger partial charge on any atom is 0.319 e. The van der Waals surface area contributed by atoms with E-state index < -0.39 is 0 Å². The Bertz CT molecular complexity index is 438. The first kappa shape index (κ1) is 14.9. The summed E-state index contributed by atoms with van der Waals surface area (Å²) >= 11 is 0. The van der Waals surface area contributed by atoms with Crippen LogP contribution in [-0.4, -0.2) is 12.1 Å². The van der Waals surface area contributed by atoms with Crippen molar-refractivity contribution in [2.75, 3.05) is 5.32 Å². The van der Waals surface area contributed by atoms with E-state index in [1.165, 1.54) is 24.8 Å². The molecule has 1 aliphatic rings. The molecule has 1 aromatic carbocycles. The number of benzene rings is 1. The number of nitrogens with one attached hydrogen (secondary N) is 2. The quantitative estimate of drug-likeness (QED) is 0.824. The van der Waals surface area contributed by atoms with Gasteiger partial charge in [-0.05, 0) is 36.8 Å². The van der Waals surface area contributed by atoms with Gasteiger partial charge >= 0.3 is 6.03 Å². The molecule has 2 N–H and O–H groups in total. The second-order valence-corrected chi connectivity index (χ2v) is 5.83. The van der Waals surface area contributed by atoms with Crippen LogP contribution in [0.25, 0.3) is 0 Å². The van der Waals surface area contributed by atoms with Gasteiger partial charge in [-0.1, -0.05) is 51.3 Å². The summed E-state index contributed by atoms with van der Waals surface area (Å²) in [4.78, 5) is 12.1. The molecule has 0 unspecified atom stereocenters. The highest BCUT2D eigenvalue weighted by atomic mass is 16.2. The molecule has 0 aromatic heterocycles. The van der Waals surface area contributed by atoms with Crippen LogP contribution < -0.4 is 10.6 Å². The molecule has 1 aromatic rings. The zero-order chi connectivity index (χ0) is 14.4. The standard InChI is InChI=1S/C17H26N2O/c1-3-13(2)15-11-7-8-12-16(15)19-17(20)18-14-9-5-4-6-10-14/h7-8,11-14H,3-6,9-10H2,1-2H3,(H2,18,19,20)/t13-/m0/s1. The van der Waals surface area contributed by atoms with E-state index in [9.17, 15) is 4.79 Å². The number of hydrogen-bond acceptors (Lipinski definition) is 1. The van der Waals surface area contributed by atoms with Gasteiger partial charge in [0.05, 0.1) is 0 Å². The van der Waals surface area contributed by atoms with Gasteiger partial charge in [-0.2, -0.15) is 0 Å². The molecular formula is C17H26N2O. The number of hydrogen-bond donors (Lipinski definition) is 2. The Morgan fingerprint density at radius 1 is 1.25 bits per heavy atom. The number of urea groups is 1. The summed E-state index contributed by atoms with van der Waals surface area (Å²) in [5.74, 6) is 0.459. The Labute approximate surface area is 122 Å². The first-order chi connectivity index (χ1) is 9.70. The van der Waals surface area contributed by atoms with Crippen LogP contribution in [0.5, 0.6) is 0 Å². The summed E-state index contributed by atoms with van der Waals surface area (Å²) in [5, 5.41) is 6.12. The van der Waals surface area contributed by atoms with E-state index in [1.807, 2.05) is 18.2 Å². The SMILES string of the molecule is CC[C@H](C)c1ccccc1NC(=O)NC1CCCCC1. The van der Waals surface area contributed by atoms with Crippen molar-refractivity contribution >= 4 is 11.7 Å². The highest BCUT2D eigenvalue weighted by Crippen LogP contribution is 2.26. The lowest BCUT2D eigenvalue weighted by molar-refractivity contribution is 0.244. The first-order valence-electron chi connectivity index (χ1n) is 7.87. The van der Waals surface area contributed by atoms with E-state index in [2.05, 4.69) is 30.5 Å². The Balaban J connectivity index is 1.96. The summed E-state index contributed by atoms with van der Waals surface area (Å²) in [6, 6.07) is 8.38. The lowest BCUT2D eigenvalue weighted by atomic mass is 9.95. The fourth-order valence-corrected chi connectivity index (χ4v) is 2.85. The number of amides is 2. The van der Waals surface area contributed by atoms with E-state index >= 15 is 0 Å². The molecule has 3 heteroatoms. The zero-order valence-corrected chi connectivity index (χ0v) is 12.6. The predicted molar refractivity (Wildman–Crippen MR) is 84.2 cm³/mol. The maximum atomic E-state index is 12.1. The van der Waals surface area contributed by atoms with Gasteiger partial charge in [0.2, 0.25) is 0 Å². The number of carbonyl (C=O) groups is 1. The molecule has 3 nitrogen and oxygen atoms in total. The van der Waals surface area contributed by atoms with Crippen molar-refractivity contribution < 1.29 is 4.79 Å². The molecule has 2 amide bonds. The molecule has 2 rings (SSSR count). The van der Waals surface area contributed by atoms with Crippen molar-refractivity contribution in [1.29, 1.82) is 0 Å². The van der Waals surface area contributed by atoms with Gasteiger partial charge in [0.15, 0.2) is 0 Å². The molecule has 0 spiro atoms. The van der Waals surface area contributed by atoms with Gasteiger partial charge < -0.3 is 10.6 Å². The summed E-state index contributed by atoms with van der Waals surface area (Å²) < 4.78 is 0. The third-order valence-electron chi connectivity index (χ3n) is 4.29. The van der Waals surface area contributed by atoms with Gasteiger partial charge in [-0.3, -0.25) is 0 Å². The third kappa shape index (κ3) is 3.99. The Kier molecular flexibility index (Phi) is 5.45. The number of carbonyl (C=O) groups excluding carboxylic acids is 1. The minimum atomic E-state index is -0.0624. The van der Waals surface area contributed by atoms with Gasteiger partial charge in [-0.15, -0.1) is 0 Å². The van der Waals surface area contributed by atoms with Crippen molar-refractivity contribution in [3.05, 3.63) is 29.8 Å². The lowest BCUT2D eigenvalue weighted by Crippen LogP contribution is -2.39. The Morgan fingerprint density at radius 2 is 1.95 bits per heavy atom. The van der Waals surface area contributed by atoms with Crippen LogP contribution in [0.3, 0.4) is 0 Å². The van der Waals surface area contributed by atoms with Crippen LogP contribution in [0.15, 0.2) is 24.3 Å². The monoisotopic (exact) mass is 274 g/mol. The average Bonchev–Trinajstić information content (AvgIpc) is 2.48. The molecule has 0 bridgehead atoms. The summed E-state index contributed by atoms with van der Waals surface area (Å²) in [6.45, 7) is 4.36. The average molecular weight is 274 g/mol. The molecular weight excluding hydrogens is 248 g/mol. The summed E-state index contributed by atoms with van der Waals surface area (Å²) in [6.07, 6.45) is 7.06. The van der Waals surface area contributed by atoms with Crippen LogP contribution in [0.2, 0.25) is 0 Å². The van der Waals surface area contributed by atoms with E-state index in [4.69, 9.17) is 0 Å². The van der Waals surface area contributed by atoms with Crippen LogP contribution >= 0.6 is 0 Å². The van der Waals surface area contributed by atoms with E-state index in [1.54, 1.807) is 0 Å². The highest BCUT2D eigenvalue weighted by Gasteiger charge is 2.16. The smallest absolute Gasteiger partial charge is 0.319 e. The zero-order valence-electron chi connectivity index (χ0n) is 12.6. The molecule has 110 valence electrons. The molecule has 1 atom stereocenters. The molecule has 0 heterocycles. The minimum absolute atomic E-state index is 0.0624. The summed E-state index contributed by atoms with van der Waals surface area (Å²) in [5.41, 5.74) is 2.16. The predicted octanol–water partition coefficient (Wildman–Crippen LogP) is 4.65. The van der Waals surface area contributed by atoms with Gasteiger partial charge in [-0.25, -0.2) is 4.79 Å². The number of anilines is 1. The lowest BCUT2D eigenvalue weighted by Gasteiger charge is -2.23. The van der Waals surface area contributed by atoms with Crippen molar-refractivity contribution in [1.82, 2.24) is 5.32 Å². The molecule has 1 fully saturated rings. The maximum absolute atomic E-state index is 12.1. The Hall–Kier alpha value is -1.51. The topological polar surface area (TPSA) is 41.1 Å². The molecule has 20 heavy (non-hydrogen) atoms. The van der Waals surface area contributed by atoms with Gasteiger partial charge in [0.25, 0.3) is 0 Å². The van der Waals surface area contributed by atoms with Crippen LogP contribution in [-0.2, 0) is 0 Å². The minimum Gasteiger partial charge on any atom is -0.335 e.